The predicted molar refractivity (Wildman–Crippen MR) is 148 cm³/mol. The van der Waals surface area contributed by atoms with Crippen LogP contribution in [-0.4, -0.2) is 45.6 Å². The highest BCUT2D eigenvalue weighted by atomic mass is 32.1. The van der Waals surface area contributed by atoms with Crippen LogP contribution in [0.4, 0.5) is 5.13 Å². The van der Waals surface area contributed by atoms with E-state index in [-0.39, 0.29) is 5.71 Å². The van der Waals surface area contributed by atoms with E-state index in [1.807, 2.05) is 54.6 Å². The molecule has 3 aromatic carbocycles. The van der Waals surface area contributed by atoms with E-state index in [4.69, 9.17) is 9.82 Å². The Bertz CT molecular complexity index is 1410. The third kappa shape index (κ3) is 4.76. The Balaban J connectivity index is 1.59. The molecule has 2 heterocycles. The van der Waals surface area contributed by atoms with E-state index < -0.39 is 11.4 Å². The lowest BCUT2D eigenvalue weighted by atomic mass is 9.77. The molecule has 0 saturated heterocycles. The number of amides is 1. The lowest BCUT2D eigenvalue weighted by Crippen LogP contribution is -2.41. The van der Waals surface area contributed by atoms with Crippen LogP contribution in [0.25, 0.3) is 0 Å². The average Bonchev–Trinajstić information content (AvgIpc) is 3.68. The number of benzene rings is 3. The second-order valence-corrected chi connectivity index (χ2v) is 9.16. The number of nitrogens with zero attached hydrogens (tertiary/aromatic N) is 6. The van der Waals surface area contributed by atoms with Gasteiger partial charge in [0.25, 0.3) is 5.91 Å². The zero-order chi connectivity index (χ0) is 26.4. The molecule has 5 aromatic rings. The van der Waals surface area contributed by atoms with Crippen molar-refractivity contribution in [1.82, 2.24) is 19.9 Å². The van der Waals surface area contributed by atoms with Crippen LogP contribution in [0.15, 0.2) is 114 Å². The first-order chi connectivity index (χ1) is 18.6. The first-order valence-electron chi connectivity index (χ1n) is 11.8. The number of likely N-dealkylation sites (N-methyl/N-ethyl adjacent to an activating group) is 1. The Kier molecular flexibility index (Phi) is 7.23. The molecule has 0 bridgehead atoms. The van der Waals surface area contributed by atoms with Crippen LogP contribution < -0.4 is 10.3 Å². The van der Waals surface area contributed by atoms with Crippen molar-refractivity contribution < 1.29 is 9.63 Å². The summed E-state index contributed by atoms with van der Waals surface area (Å²) in [6.07, 6.45) is 2.84. The molecular formula is C28H25N7O2S. The highest BCUT2D eigenvalue weighted by Gasteiger charge is 2.37. The third-order valence-corrected chi connectivity index (χ3v) is 6.85. The zero-order valence-corrected chi connectivity index (χ0v) is 21.6. The van der Waals surface area contributed by atoms with Crippen LogP contribution in [0.2, 0.25) is 0 Å². The standard InChI is InChI=1S/C28H25N7O2S/c1-34(35-19-29-30-20-35)26(36)25(33-37-2)24-18-38-27(31-24)32-28(21-12-6-3-7-13-21,22-14-8-4-9-15-22)23-16-10-5-11-17-23/h3-20H,1-2H3,(H,31,32)/b33-25-. The lowest BCUT2D eigenvalue weighted by Gasteiger charge is -2.36. The number of nitrogens with one attached hydrogen (secondary N) is 1. The molecule has 0 atom stereocenters. The van der Waals surface area contributed by atoms with E-state index in [1.165, 1.54) is 40.8 Å². The van der Waals surface area contributed by atoms with Crippen LogP contribution in [-0.2, 0) is 15.2 Å². The van der Waals surface area contributed by atoms with Gasteiger partial charge in [-0.25, -0.2) is 14.7 Å². The molecule has 2 aromatic heterocycles. The quantitative estimate of drug-likeness (QED) is 0.176. The monoisotopic (exact) mass is 523 g/mol. The van der Waals surface area contributed by atoms with Gasteiger partial charge in [-0.15, -0.1) is 21.5 Å². The second kappa shape index (κ2) is 11.1. The summed E-state index contributed by atoms with van der Waals surface area (Å²) < 4.78 is 1.45. The molecule has 0 fully saturated rings. The number of aromatic nitrogens is 4. The summed E-state index contributed by atoms with van der Waals surface area (Å²) in [7, 11) is 2.98. The van der Waals surface area contributed by atoms with Crippen LogP contribution >= 0.6 is 11.3 Å². The lowest BCUT2D eigenvalue weighted by molar-refractivity contribution is -0.113. The fraction of sp³-hybridized carbons (Fsp3) is 0.107. The molecular weight excluding hydrogens is 498 g/mol. The Hall–Kier alpha value is -4.83. The Morgan fingerprint density at radius 1 is 0.895 bits per heavy atom. The number of carbonyl (C=O) groups is 1. The minimum Gasteiger partial charge on any atom is -0.398 e. The average molecular weight is 524 g/mol. The fourth-order valence-electron chi connectivity index (χ4n) is 4.28. The number of oxime groups is 1. The number of hydrogen-bond donors (Lipinski definition) is 1. The first kappa shape index (κ1) is 24.8. The van der Waals surface area contributed by atoms with Gasteiger partial charge in [0.1, 0.15) is 31.0 Å². The van der Waals surface area contributed by atoms with E-state index in [0.29, 0.717) is 10.8 Å². The van der Waals surface area contributed by atoms with Crippen molar-refractivity contribution in [3.63, 3.8) is 0 Å². The number of carbonyl (C=O) groups excluding carboxylic acids is 1. The number of rotatable bonds is 9. The van der Waals surface area contributed by atoms with Crippen LogP contribution in [0, 0.1) is 0 Å². The van der Waals surface area contributed by atoms with Gasteiger partial charge in [0.2, 0.25) is 0 Å². The normalized spacial score (nSPS) is 11.7. The van der Waals surface area contributed by atoms with Crippen LogP contribution in [0.5, 0.6) is 0 Å². The third-order valence-electron chi connectivity index (χ3n) is 6.09. The van der Waals surface area contributed by atoms with Gasteiger partial charge in [-0.1, -0.05) is 96.2 Å². The van der Waals surface area contributed by atoms with Gasteiger partial charge in [0.05, 0.1) is 0 Å². The molecule has 0 saturated carbocycles. The van der Waals surface area contributed by atoms with Gasteiger partial charge >= 0.3 is 0 Å². The minimum absolute atomic E-state index is 0.0535. The topological polar surface area (TPSA) is 97.5 Å². The first-order valence-corrected chi connectivity index (χ1v) is 12.7. The van der Waals surface area contributed by atoms with E-state index in [1.54, 1.807) is 12.4 Å². The molecule has 190 valence electrons. The summed E-state index contributed by atoms with van der Waals surface area (Å²) in [5, 5.41) is 18.9. The minimum atomic E-state index is -0.749. The largest absolute Gasteiger partial charge is 0.398 e. The zero-order valence-electron chi connectivity index (χ0n) is 20.8. The SMILES string of the molecule is CO/N=C(\C(=O)N(C)n1cnnc1)c1csc(NC(c2ccccc2)(c2ccccc2)c2ccccc2)n1. The highest BCUT2D eigenvalue weighted by molar-refractivity contribution is 7.14. The van der Waals surface area contributed by atoms with Gasteiger partial charge in [-0.2, -0.15) is 0 Å². The summed E-state index contributed by atoms with van der Waals surface area (Å²) in [6, 6.07) is 30.7. The van der Waals surface area contributed by atoms with Crippen molar-refractivity contribution in [1.29, 1.82) is 0 Å². The van der Waals surface area contributed by atoms with Gasteiger partial charge in [-0.05, 0) is 16.7 Å². The molecule has 5 rings (SSSR count). The Morgan fingerprint density at radius 2 is 1.39 bits per heavy atom. The second-order valence-electron chi connectivity index (χ2n) is 8.30. The molecule has 9 nitrogen and oxygen atoms in total. The van der Waals surface area contributed by atoms with Gasteiger partial charge in [0.15, 0.2) is 10.8 Å². The molecule has 0 aliphatic carbocycles. The van der Waals surface area contributed by atoms with E-state index in [2.05, 4.69) is 57.1 Å². The maximum Gasteiger partial charge on any atom is 0.296 e. The van der Waals surface area contributed by atoms with E-state index in [0.717, 1.165) is 16.7 Å². The van der Waals surface area contributed by atoms with Crippen LogP contribution in [0.1, 0.15) is 22.4 Å². The van der Waals surface area contributed by atoms with Crippen molar-refractivity contribution in [2.24, 2.45) is 5.16 Å². The Labute approximate surface area is 224 Å². The van der Waals surface area contributed by atoms with Gasteiger partial charge in [0, 0.05) is 12.4 Å². The summed E-state index contributed by atoms with van der Waals surface area (Å²) in [5.41, 5.74) is 2.82. The molecule has 0 radical (unpaired) electrons. The maximum absolute atomic E-state index is 13.3. The molecule has 0 unspecified atom stereocenters. The summed E-state index contributed by atoms with van der Waals surface area (Å²) in [6.45, 7) is 0. The van der Waals surface area contributed by atoms with E-state index >= 15 is 0 Å². The van der Waals surface area contributed by atoms with Crippen molar-refractivity contribution >= 4 is 28.1 Å². The number of hydrogen-bond acceptors (Lipinski definition) is 8. The predicted octanol–water partition coefficient (Wildman–Crippen LogP) is 4.28. The molecule has 38 heavy (non-hydrogen) atoms. The summed E-state index contributed by atoms with van der Waals surface area (Å²) in [4.78, 5) is 23.1. The number of thiazole rings is 1. The molecule has 0 spiro atoms. The Morgan fingerprint density at radius 3 is 1.87 bits per heavy atom. The van der Waals surface area contributed by atoms with Crippen molar-refractivity contribution in [2.75, 3.05) is 24.5 Å². The van der Waals surface area contributed by atoms with Crippen molar-refractivity contribution in [2.45, 2.75) is 5.54 Å². The molecule has 0 aliphatic rings. The maximum atomic E-state index is 13.3. The van der Waals surface area contributed by atoms with Gasteiger partial charge in [-0.3, -0.25) is 4.79 Å². The van der Waals surface area contributed by atoms with Crippen LogP contribution in [0.3, 0.4) is 0 Å². The molecule has 1 amide bonds. The number of anilines is 1. The summed E-state index contributed by atoms with van der Waals surface area (Å²) in [5.74, 6) is -0.427. The molecule has 0 aliphatic heterocycles. The summed E-state index contributed by atoms with van der Waals surface area (Å²) >= 11 is 1.38. The van der Waals surface area contributed by atoms with Gasteiger partial charge < -0.3 is 10.2 Å². The smallest absolute Gasteiger partial charge is 0.296 e. The van der Waals surface area contributed by atoms with Crippen molar-refractivity contribution in [3.05, 3.63) is 131 Å². The van der Waals surface area contributed by atoms with Crippen molar-refractivity contribution in [3.8, 4) is 0 Å². The molecule has 10 heteroatoms. The fourth-order valence-corrected chi connectivity index (χ4v) is 5.03. The molecule has 1 N–H and O–H groups in total. The highest BCUT2D eigenvalue weighted by Crippen LogP contribution is 2.40. The van der Waals surface area contributed by atoms with E-state index in [9.17, 15) is 4.79 Å².